The van der Waals surface area contributed by atoms with Crippen molar-refractivity contribution in [3.63, 3.8) is 0 Å². The molecule has 2 rings (SSSR count). The molecule has 0 amide bonds. The number of hydrogen-bond donors (Lipinski definition) is 1. The highest BCUT2D eigenvalue weighted by molar-refractivity contribution is 7.91. The Labute approximate surface area is 95.9 Å². The van der Waals surface area contributed by atoms with Crippen LogP contribution in [0, 0.1) is 5.92 Å². The number of furan rings is 1. The summed E-state index contributed by atoms with van der Waals surface area (Å²) in [5.74, 6) is 0.941. The maximum Gasteiger partial charge on any atom is 0.150 e. The second-order valence-corrected chi connectivity index (χ2v) is 6.68. The van der Waals surface area contributed by atoms with Gasteiger partial charge in [-0.3, -0.25) is 0 Å². The van der Waals surface area contributed by atoms with Gasteiger partial charge >= 0.3 is 0 Å². The summed E-state index contributed by atoms with van der Waals surface area (Å²) in [6.45, 7) is 2.81. The van der Waals surface area contributed by atoms with Gasteiger partial charge in [0.1, 0.15) is 0 Å². The first kappa shape index (κ1) is 11.7. The van der Waals surface area contributed by atoms with Crippen molar-refractivity contribution in [2.45, 2.75) is 19.4 Å². The minimum atomic E-state index is -2.76. The minimum Gasteiger partial charge on any atom is -0.472 e. The molecule has 1 fully saturated rings. The van der Waals surface area contributed by atoms with Crippen LogP contribution in [0.4, 0.5) is 0 Å². The average molecular weight is 243 g/mol. The van der Waals surface area contributed by atoms with Crippen molar-refractivity contribution in [3.8, 4) is 0 Å². The van der Waals surface area contributed by atoms with Crippen LogP contribution in [0.3, 0.4) is 0 Å². The van der Waals surface area contributed by atoms with E-state index in [4.69, 9.17) is 4.42 Å². The number of sulfone groups is 1. The van der Waals surface area contributed by atoms with E-state index in [0.29, 0.717) is 11.5 Å². The first-order chi connectivity index (χ1) is 7.57. The molecule has 1 aliphatic rings. The summed E-state index contributed by atoms with van der Waals surface area (Å²) in [6.07, 6.45) is 4.14. The molecule has 1 aliphatic heterocycles. The highest BCUT2D eigenvalue weighted by atomic mass is 32.2. The molecule has 0 radical (unpaired) electrons. The Bertz CT molecular complexity index is 424. The maximum atomic E-state index is 11.3. The minimum absolute atomic E-state index is 0.210. The molecule has 1 aromatic heterocycles. The van der Waals surface area contributed by atoms with Crippen LogP contribution in [0.2, 0.25) is 0 Å². The molecule has 4 nitrogen and oxygen atoms in total. The molecule has 0 aliphatic carbocycles. The van der Waals surface area contributed by atoms with E-state index in [1.54, 1.807) is 12.5 Å². The summed E-state index contributed by atoms with van der Waals surface area (Å²) < 4.78 is 27.5. The van der Waals surface area contributed by atoms with E-state index in [-0.39, 0.29) is 12.0 Å². The average Bonchev–Trinajstić information content (AvgIpc) is 2.83. The standard InChI is InChI=1S/C11H17NO3S/c1-9(11-2-4-15-7-11)12-6-10-3-5-16(13,14)8-10/h2,4,7,9-10,12H,3,5-6,8H2,1H3. The Morgan fingerprint density at radius 3 is 3.00 bits per heavy atom. The van der Waals surface area contributed by atoms with Gasteiger partial charge in [-0.15, -0.1) is 0 Å². The quantitative estimate of drug-likeness (QED) is 0.867. The third-order valence-electron chi connectivity index (χ3n) is 3.08. The fourth-order valence-corrected chi connectivity index (χ4v) is 3.88. The molecule has 90 valence electrons. The Hall–Kier alpha value is -0.810. The molecule has 0 saturated carbocycles. The van der Waals surface area contributed by atoms with E-state index in [2.05, 4.69) is 5.32 Å². The summed E-state index contributed by atoms with van der Waals surface area (Å²) >= 11 is 0. The lowest BCUT2D eigenvalue weighted by molar-refractivity contribution is 0.471. The topological polar surface area (TPSA) is 59.3 Å². The Kier molecular flexibility index (Phi) is 3.35. The molecule has 5 heteroatoms. The van der Waals surface area contributed by atoms with E-state index in [1.807, 2.05) is 13.0 Å². The normalized spacial score (nSPS) is 25.7. The lowest BCUT2D eigenvalue weighted by Gasteiger charge is -2.14. The van der Waals surface area contributed by atoms with Gasteiger partial charge in [0.25, 0.3) is 0 Å². The van der Waals surface area contributed by atoms with Crippen LogP contribution < -0.4 is 5.32 Å². The second kappa shape index (κ2) is 4.59. The molecule has 0 bridgehead atoms. The van der Waals surface area contributed by atoms with Gasteiger partial charge in [-0.25, -0.2) is 8.42 Å². The highest BCUT2D eigenvalue weighted by Crippen LogP contribution is 2.19. The summed E-state index contributed by atoms with van der Waals surface area (Å²) in [7, 11) is -2.76. The van der Waals surface area contributed by atoms with Gasteiger partial charge in [-0.05, 0) is 31.9 Å². The zero-order valence-corrected chi connectivity index (χ0v) is 10.2. The Morgan fingerprint density at radius 1 is 1.62 bits per heavy atom. The summed E-state index contributed by atoms with van der Waals surface area (Å²) in [5, 5.41) is 3.34. The molecule has 16 heavy (non-hydrogen) atoms. The van der Waals surface area contributed by atoms with E-state index in [0.717, 1.165) is 18.5 Å². The molecule has 0 spiro atoms. The predicted molar refractivity (Wildman–Crippen MR) is 61.9 cm³/mol. The van der Waals surface area contributed by atoms with Crippen molar-refractivity contribution in [1.29, 1.82) is 0 Å². The molecule has 1 N–H and O–H groups in total. The van der Waals surface area contributed by atoms with Crippen molar-refractivity contribution in [2.75, 3.05) is 18.1 Å². The van der Waals surface area contributed by atoms with Gasteiger partial charge in [0, 0.05) is 11.6 Å². The van der Waals surface area contributed by atoms with Crippen molar-refractivity contribution in [2.24, 2.45) is 5.92 Å². The van der Waals surface area contributed by atoms with Crippen LogP contribution >= 0.6 is 0 Å². The smallest absolute Gasteiger partial charge is 0.150 e. The highest BCUT2D eigenvalue weighted by Gasteiger charge is 2.27. The maximum absolute atomic E-state index is 11.3. The fourth-order valence-electron chi connectivity index (χ4n) is 2.02. The molecule has 2 atom stereocenters. The fraction of sp³-hybridized carbons (Fsp3) is 0.636. The second-order valence-electron chi connectivity index (χ2n) is 4.46. The van der Waals surface area contributed by atoms with E-state index < -0.39 is 9.84 Å². The molecule has 0 aromatic carbocycles. The van der Waals surface area contributed by atoms with Crippen LogP contribution in [0.25, 0.3) is 0 Å². The van der Waals surface area contributed by atoms with Crippen molar-refractivity contribution in [3.05, 3.63) is 24.2 Å². The van der Waals surface area contributed by atoms with Crippen LogP contribution in [0.5, 0.6) is 0 Å². The monoisotopic (exact) mass is 243 g/mol. The predicted octanol–water partition coefficient (Wildman–Crippen LogP) is 1.36. The van der Waals surface area contributed by atoms with Crippen molar-refractivity contribution in [1.82, 2.24) is 5.32 Å². The molecule has 1 aromatic rings. The van der Waals surface area contributed by atoms with Gasteiger partial charge < -0.3 is 9.73 Å². The third kappa shape index (κ3) is 2.86. The van der Waals surface area contributed by atoms with Crippen molar-refractivity contribution < 1.29 is 12.8 Å². The lowest BCUT2D eigenvalue weighted by Crippen LogP contribution is -2.26. The van der Waals surface area contributed by atoms with Gasteiger partial charge in [0.2, 0.25) is 0 Å². The van der Waals surface area contributed by atoms with Gasteiger partial charge in [0.15, 0.2) is 9.84 Å². The molecule has 2 unspecified atom stereocenters. The number of hydrogen-bond acceptors (Lipinski definition) is 4. The Morgan fingerprint density at radius 2 is 2.44 bits per heavy atom. The zero-order valence-electron chi connectivity index (χ0n) is 9.35. The Balaban J connectivity index is 1.80. The van der Waals surface area contributed by atoms with Gasteiger partial charge in [0.05, 0.1) is 24.0 Å². The van der Waals surface area contributed by atoms with E-state index in [1.165, 1.54) is 0 Å². The van der Waals surface area contributed by atoms with E-state index >= 15 is 0 Å². The van der Waals surface area contributed by atoms with Crippen LogP contribution in [0.15, 0.2) is 23.0 Å². The summed E-state index contributed by atoms with van der Waals surface area (Å²) in [4.78, 5) is 0. The molecule has 1 saturated heterocycles. The molecular formula is C11H17NO3S. The van der Waals surface area contributed by atoms with Crippen LogP contribution in [0.1, 0.15) is 24.9 Å². The van der Waals surface area contributed by atoms with Gasteiger partial charge in [-0.2, -0.15) is 0 Å². The number of rotatable bonds is 4. The molecule has 2 heterocycles. The SMILES string of the molecule is CC(NCC1CCS(=O)(=O)C1)c1ccoc1. The van der Waals surface area contributed by atoms with Gasteiger partial charge in [-0.1, -0.05) is 0 Å². The van der Waals surface area contributed by atoms with Crippen molar-refractivity contribution >= 4 is 9.84 Å². The molecular weight excluding hydrogens is 226 g/mol. The third-order valence-corrected chi connectivity index (χ3v) is 4.92. The first-order valence-electron chi connectivity index (χ1n) is 5.53. The first-order valence-corrected chi connectivity index (χ1v) is 7.35. The largest absolute Gasteiger partial charge is 0.472 e. The summed E-state index contributed by atoms with van der Waals surface area (Å²) in [6, 6.07) is 2.13. The zero-order chi connectivity index (χ0) is 11.6. The number of nitrogens with one attached hydrogen (secondary N) is 1. The van der Waals surface area contributed by atoms with E-state index in [9.17, 15) is 8.42 Å². The lowest BCUT2D eigenvalue weighted by atomic mass is 10.1. The summed E-state index contributed by atoms with van der Waals surface area (Å²) in [5.41, 5.74) is 1.10. The van der Waals surface area contributed by atoms with Crippen LogP contribution in [-0.2, 0) is 9.84 Å². The van der Waals surface area contributed by atoms with Crippen LogP contribution in [-0.4, -0.2) is 26.5 Å².